The number of pyridine rings is 1. The lowest BCUT2D eigenvalue weighted by Crippen LogP contribution is -1.98. The lowest BCUT2D eigenvalue weighted by Gasteiger charge is -2.08. The molecule has 1 aromatic heterocycles. The average molecular weight is 265 g/mol. The summed E-state index contributed by atoms with van der Waals surface area (Å²) < 4.78 is 44.3. The molecular formula is C14H10F3NO. The van der Waals surface area contributed by atoms with Gasteiger partial charge in [0.05, 0.1) is 0 Å². The minimum absolute atomic E-state index is 0.304. The minimum atomic E-state index is -1.40. The third-order valence-electron chi connectivity index (χ3n) is 2.33. The summed E-state index contributed by atoms with van der Waals surface area (Å²) in [7, 11) is 0. The van der Waals surface area contributed by atoms with Crippen molar-refractivity contribution in [2.75, 3.05) is 0 Å². The summed E-state index contributed by atoms with van der Waals surface area (Å²) >= 11 is 0. The first-order valence-electron chi connectivity index (χ1n) is 5.53. The third-order valence-corrected chi connectivity index (χ3v) is 2.33. The highest BCUT2D eigenvalue weighted by Crippen LogP contribution is 2.27. The highest BCUT2D eigenvalue weighted by atomic mass is 19.2. The van der Waals surface area contributed by atoms with Crippen molar-refractivity contribution in [2.45, 2.75) is 6.92 Å². The maximum atomic E-state index is 13.4. The van der Waals surface area contributed by atoms with Crippen LogP contribution in [0.5, 0.6) is 11.6 Å². The van der Waals surface area contributed by atoms with Crippen LogP contribution in [0.15, 0.2) is 36.4 Å². The van der Waals surface area contributed by atoms with E-state index in [4.69, 9.17) is 4.74 Å². The first-order valence-corrected chi connectivity index (χ1v) is 5.53. The lowest BCUT2D eigenvalue weighted by molar-refractivity contribution is 0.386. The van der Waals surface area contributed by atoms with E-state index < -0.39 is 23.5 Å². The van der Waals surface area contributed by atoms with Gasteiger partial charge in [-0.3, -0.25) is 0 Å². The Labute approximate surface area is 108 Å². The Morgan fingerprint density at radius 1 is 1.11 bits per heavy atom. The summed E-state index contributed by atoms with van der Waals surface area (Å²) in [6.45, 7) is 1.81. The molecular weight excluding hydrogens is 255 g/mol. The third kappa shape index (κ3) is 2.93. The standard InChI is InChI=1S/C14H10F3NO/c1-2-5-9-6-3-4-7-12(9)19-14-11(16)8-10(15)13(17)18-14/h2-8H,1H3/b5-2+. The predicted octanol–water partition coefficient (Wildman–Crippen LogP) is 4.32. The Kier molecular flexibility index (Phi) is 3.85. The van der Waals surface area contributed by atoms with Crippen molar-refractivity contribution < 1.29 is 17.9 Å². The maximum Gasteiger partial charge on any atom is 0.258 e. The van der Waals surface area contributed by atoms with Crippen LogP contribution in [-0.4, -0.2) is 4.98 Å². The summed E-state index contributed by atoms with van der Waals surface area (Å²) in [6.07, 6.45) is 3.52. The van der Waals surface area contributed by atoms with Crippen molar-refractivity contribution in [3.63, 3.8) is 0 Å². The molecule has 0 bridgehead atoms. The molecule has 1 aromatic carbocycles. The molecule has 0 aliphatic carbocycles. The smallest absolute Gasteiger partial charge is 0.258 e. The molecule has 0 aliphatic rings. The molecule has 0 saturated heterocycles. The molecule has 5 heteroatoms. The Balaban J connectivity index is 2.39. The van der Waals surface area contributed by atoms with E-state index >= 15 is 0 Å². The molecule has 0 aliphatic heterocycles. The normalized spacial score (nSPS) is 10.9. The van der Waals surface area contributed by atoms with Gasteiger partial charge in [0.15, 0.2) is 11.6 Å². The van der Waals surface area contributed by atoms with E-state index in [2.05, 4.69) is 4.98 Å². The van der Waals surface area contributed by atoms with E-state index in [1.165, 1.54) is 0 Å². The van der Waals surface area contributed by atoms with E-state index in [-0.39, 0.29) is 0 Å². The molecule has 0 N–H and O–H groups in total. The molecule has 0 radical (unpaired) electrons. The first-order chi connectivity index (χ1) is 9.11. The molecule has 0 fully saturated rings. The van der Waals surface area contributed by atoms with E-state index in [0.717, 1.165) is 0 Å². The zero-order valence-corrected chi connectivity index (χ0v) is 10.0. The summed E-state index contributed by atoms with van der Waals surface area (Å²) in [5.74, 6) is -4.12. The fraction of sp³-hybridized carbons (Fsp3) is 0.0714. The van der Waals surface area contributed by atoms with Crippen LogP contribution in [0, 0.1) is 17.6 Å². The van der Waals surface area contributed by atoms with Gasteiger partial charge < -0.3 is 4.74 Å². The average Bonchev–Trinajstić information content (AvgIpc) is 2.38. The van der Waals surface area contributed by atoms with Crippen molar-refractivity contribution in [3.05, 3.63) is 59.6 Å². The summed E-state index contributed by atoms with van der Waals surface area (Å²) in [5.41, 5.74) is 0.677. The number of aromatic nitrogens is 1. The SMILES string of the molecule is C/C=C/c1ccccc1Oc1nc(F)c(F)cc1F. The number of benzene rings is 1. The molecule has 98 valence electrons. The number of hydrogen-bond donors (Lipinski definition) is 0. The quantitative estimate of drug-likeness (QED) is 0.771. The zero-order valence-electron chi connectivity index (χ0n) is 10.0. The van der Waals surface area contributed by atoms with Crippen LogP contribution in [0.1, 0.15) is 12.5 Å². The molecule has 2 aromatic rings. The number of rotatable bonds is 3. The van der Waals surface area contributed by atoms with Gasteiger partial charge >= 0.3 is 0 Å². The van der Waals surface area contributed by atoms with Gasteiger partial charge in [0.2, 0.25) is 0 Å². The van der Waals surface area contributed by atoms with E-state index in [1.807, 2.05) is 6.92 Å². The molecule has 1 heterocycles. The second-order valence-corrected chi connectivity index (χ2v) is 3.69. The molecule has 2 rings (SSSR count). The zero-order chi connectivity index (χ0) is 13.8. The van der Waals surface area contributed by atoms with Gasteiger partial charge in [0, 0.05) is 11.6 Å². The van der Waals surface area contributed by atoms with Crippen LogP contribution in [0.25, 0.3) is 6.08 Å². The van der Waals surface area contributed by atoms with Gasteiger partial charge in [0.1, 0.15) is 5.75 Å². The summed E-state index contributed by atoms with van der Waals surface area (Å²) in [6, 6.07) is 7.18. The Morgan fingerprint density at radius 3 is 2.58 bits per heavy atom. The Bertz CT molecular complexity index is 626. The summed E-state index contributed by atoms with van der Waals surface area (Å²) in [4.78, 5) is 3.11. The molecule has 19 heavy (non-hydrogen) atoms. The van der Waals surface area contributed by atoms with Crippen LogP contribution in [0.3, 0.4) is 0 Å². The molecule has 0 atom stereocenters. The second kappa shape index (κ2) is 5.56. The van der Waals surface area contributed by atoms with Gasteiger partial charge in [-0.1, -0.05) is 30.4 Å². The summed E-state index contributed by atoms with van der Waals surface area (Å²) in [5, 5.41) is 0. The molecule has 0 unspecified atom stereocenters. The predicted molar refractivity (Wildman–Crippen MR) is 65.3 cm³/mol. The van der Waals surface area contributed by atoms with E-state index in [0.29, 0.717) is 17.4 Å². The fourth-order valence-electron chi connectivity index (χ4n) is 1.49. The van der Waals surface area contributed by atoms with Crippen LogP contribution in [-0.2, 0) is 0 Å². The van der Waals surface area contributed by atoms with Crippen molar-refractivity contribution in [3.8, 4) is 11.6 Å². The molecule has 0 spiro atoms. The number of nitrogens with zero attached hydrogens (tertiary/aromatic N) is 1. The lowest BCUT2D eigenvalue weighted by atomic mass is 10.2. The number of allylic oxidation sites excluding steroid dienone is 1. The molecule has 2 nitrogen and oxygen atoms in total. The van der Waals surface area contributed by atoms with Crippen molar-refractivity contribution >= 4 is 6.08 Å². The fourth-order valence-corrected chi connectivity index (χ4v) is 1.49. The van der Waals surface area contributed by atoms with Gasteiger partial charge in [-0.25, -0.2) is 8.78 Å². The van der Waals surface area contributed by atoms with E-state index in [9.17, 15) is 13.2 Å². The number of para-hydroxylation sites is 1. The Hall–Kier alpha value is -2.30. The Morgan fingerprint density at radius 2 is 1.84 bits per heavy atom. The maximum absolute atomic E-state index is 13.4. The van der Waals surface area contributed by atoms with Gasteiger partial charge in [0.25, 0.3) is 11.8 Å². The molecule has 0 amide bonds. The van der Waals surface area contributed by atoms with Crippen LogP contribution < -0.4 is 4.74 Å². The van der Waals surface area contributed by atoms with Crippen molar-refractivity contribution in [1.29, 1.82) is 0 Å². The molecule has 0 saturated carbocycles. The van der Waals surface area contributed by atoms with Gasteiger partial charge in [-0.2, -0.15) is 9.37 Å². The monoisotopic (exact) mass is 265 g/mol. The van der Waals surface area contributed by atoms with Crippen molar-refractivity contribution in [2.24, 2.45) is 0 Å². The highest BCUT2D eigenvalue weighted by Gasteiger charge is 2.14. The first kappa shape index (κ1) is 13.1. The van der Waals surface area contributed by atoms with Crippen LogP contribution >= 0.6 is 0 Å². The number of ether oxygens (including phenoxy) is 1. The van der Waals surface area contributed by atoms with Crippen molar-refractivity contribution in [1.82, 2.24) is 4.98 Å². The van der Waals surface area contributed by atoms with Crippen LogP contribution in [0.2, 0.25) is 0 Å². The topological polar surface area (TPSA) is 22.1 Å². The largest absolute Gasteiger partial charge is 0.436 e. The highest BCUT2D eigenvalue weighted by molar-refractivity contribution is 5.57. The number of hydrogen-bond acceptors (Lipinski definition) is 2. The van der Waals surface area contributed by atoms with E-state index in [1.54, 1.807) is 36.4 Å². The van der Waals surface area contributed by atoms with Gasteiger partial charge in [-0.15, -0.1) is 0 Å². The second-order valence-electron chi connectivity index (χ2n) is 3.69. The van der Waals surface area contributed by atoms with Crippen LogP contribution in [0.4, 0.5) is 13.2 Å². The minimum Gasteiger partial charge on any atom is -0.436 e. The number of halogens is 3. The van der Waals surface area contributed by atoms with Gasteiger partial charge in [-0.05, 0) is 13.0 Å².